The van der Waals surface area contributed by atoms with Gasteiger partial charge in [0.1, 0.15) is 0 Å². The zero-order valence-electron chi connectivity index (χ0n) is 8.97. The van der Waals surface area contributed by atoms with E-state index in [0.717, 1.165) is 0 Å². The Morgan fingerprint density at radius 2 is 2.00 bits per heavy atom. The predicted molar refractivity (Wildman–Crippen MR) is 58.4 cm³/mol. The van der Waals surface area contributed by atoms with E-state index in [-0.39, 0.29) is 0 Å². The summed E-state index contributed by atoms with van der Waals surface area (Å²) in [4.78, 5) is 0. The van der Waals surface area contributed by atoms with Crippen LogP contribution in [-0.4, -0.2) is 0 Å². The molecule has 1 rings (SSSR count). The Morgan fingerprint density at radius 1 is 1.23 bits per heavy atom. The van der Waals surface area contributed by atoms with Crippen molar-refractivity contribution in [3.05, 3.63) is 23.8 Å². The van der Waals surface area contributed by atoms with Gasteiger partial charge in [-0.05, 0) is 30.9 Å². The Hall–Kier alpha value is -0.520. The number of hydrogen-bond donors (Lipinski definition) is 0. The third-order valence-corrected chi connectivity index (χ3v) is 2.57. The molecule has 0 amide bonds. The van der Waals surface area contributed by atoms with Gasteiger partial charge in [0.15, 0.2) is 0 Å². The number of rotatable bonds is 6. The minimum Gasteiger partial charge on any atom is -0.0767 e. The molecule has 1 aliphatic rings. The van der Waals surface area contributed by atoms with E-state index in [4.69, 9.17) is 0 Å². The first-order chi connectivity index (χ1) is 6.36. The van der Waals surface area contributed by atoms with Crippen LogP contribution < -0.4 is 0 Å². The Morgan fingerprint density at radius 3 is 2.69 bits per heavy atom. The van der Waals surface area contributed by atoms with E-state index in [2.05, 4.69) is 32.1 Å². The highest BCUT2D eigenvalue weighted by Gasteiger charge is 2.08. The molecule has 0 spiro atoms. The summed E-state index contributed by atoms with van der Waals surface area (Å²) in [6, 6.07) is 0. The van der Waals surface area contributed by atoms with Crippen LogP contribution >= 0.6 is 0 Å². The number of allylic oxidation sites excluding steroid dienone is 4. The molecular formula is C13H21. The molecule has 0 saturated heterocycles. The zero-order valence-corrected chi connectivity index (χ0v) is 8.97. The topological polar surface area (TPSA) is 0 Å². The number of unbranched alkanes of at least 4 members (excludes halogenated alkanes) is 2. The molecule has 0 aromatic rings. The van der Waals surface area contributed by atoms with Gasteiger partial charge in [-0.2, -0.15) is 0 Å². The van der Waals surface area contributed by atoms with E-state index in [0.29, 0.717) is 5.92 Å². The molecule has 73 valence electrons. The van der Waals surface area contributed by atoms with Gasteiger partial charge < -0.3 is 0 Å². The maximum atomic E-state index is 3.57. The molecular weight excluding hydrogens is 156 g/mol. The highest BCUT2D eigenvalue weighted by molar-refractivity contribution is 5.24. The van der Waals surface area contributed by atoms with Gasteiger partial charge in [-0.3, -0.25) is 0 Å². The van der Waals surface area contributed by atoms with Gasteiger partial charge in [-0.1, -0.05) is 45.3 Å². The molecule has 0 nitrogen and oxygen atoms in total. The van der Waals surface area contributed by atoms with Crippen LogP contribution in [0, 0.1) is 12.0 Å². The molecule has 0 aromatic heterocycles. The summed E-state index contributed by atoms with van der Waals surface area (Å²) in [5, 5.41) is 0. The van der Waals surface area contributed by atoms with Gasteiger partial charge in [0, 0.05) is 5.92 Å². The quantitative estimate of drug-likeness (QED) is 0.568. The van der Waals surface area contributed by atoms with Crippen LogP contribution in [0.15, 0.2) is 17.7 Å². The van der Waals surface area contributed by atoms with Gasteiger partial charge in [-0.25, -0.2) is 0 Å². The molecule has 13 heavy (non-hydrogen) atoms. The minimum absolute atomic E-state index is 0.631. The number of hydrogen-bond acceptors (Lipinski definition) is 0. The molecule has 0 saturated carbocycles. The summed E-state index contributed by atoms with van der Waals surface area (Å²) in [5.74, 6) is 0.631. The van der Waals surface area contributed by atoms with Crippen LogP contribution in [0.3, 0.4) is 0 Å². The third kappa shape index (κ3) is 3.80. The van der Waals surface area contributed by atoms with Crippen LogP contribution in [0.5, 0.6) is 0 Å². The van der Waals surface area contributed by atoms with Crippen LogP contribution in [0.1, 0.15) is 52.4 Å². The minimum atomic E-state index is 0.631. The molecule has 1 atom stereocenters. The summed E-state index contributed by atoms with van der Waals surface area (Å²) < 4.78 is 0. The molecule has 0 N–H and O–H groups in total. The van der Waals surface area contributed by atoms with Crippen molar-refractivity contribution >= 4 is 0 Å². The lowest BCUT2D eigenvalue weighted by atomic mass is 10.0. The van der Waals surface area contributed by atoms with Gasteiger partial charge in [0.05, 0.1) is 0 Å². The molecule has 1 unspecified atom stereocenters. The Balaban J connectivity index is 2.24. The van der Waals surface area contributed by atoms with Crippen LogP contribution in [0.25, 0.3) is 0 Å². The molecule has 1 aliphatic carbocycles. The standard InChI is InChI=1S/C13H21/c1-3-5-7-12-9-10-13(11-12)8-6-4-2/h9-10,12H,3-8H2,1-2H3. The van der Waals surface area contributed by atoms with E-state index in [1.54, 1.807) is 0 Å². The fraction of sp³-hybridized carbons (Fsp3) is 0.692. The lowest BCUT2D eigenvalue weighted by Crippen LogP contribution is -1.89. The van der Waals surface area contributed by atoms with E-state index >= 15 is 0 Å². The van der Waals surface area contributed by atoms with Gasteiger partial charge in [0.2, 0.25) is 0 Å². The summed E-state index contributed by atoms with van der Waals surface area (Å²) in [5.41, 5.74) is 1.45. The maximum absolute atomic E-state index is 3.57. The van der Waals surface area contributed by atoms with Crippen molar-refractivity contribution in [2.75, 3.05) is 0 Å². The first-order valence-electron chi connectivity index (χ1n) is 5.67. The summed E-state index contributed by atoms with van der Waals surface area (Å²) >= 11 is 0. The lowest BCUT2D eigenvalue weighted by molar-refractivity contribution is 0.634. The molecule has 0 heterocycles. The van der Waals surface area contributed by atoms with E-state index < -0.39 is 0 Å². The van der Waals surface area contributed by atoms with Crippen molar-refractivity contribution in [1.29, 1.82) is 0 Å². The predicted octanol–water partition coefficient (Wildman–Crippen LogP) is 4.28. The SMILES string of the molecule is CCCCC1=[C]C(CCCC)C=C1. The van der Waals surface area contributed by atoms with E-state index in [1.165, 1.54) is 44.1 Å². The molecule has 0 heteroatoms. The van der Waals surface area contributed by atoms with Crippen molar-refractivity contribution < 1.29 is 0 Å². The first kappa shape index (κ1) is 10.6. The zero-order chi connectivity index (χ0) is 9.52. The third-order valence-electron chi connectivity index (χ3n) is 2.57. The molecule has 1 radical (unpaired) electrons. The van der Waals surface area contributed by atoms with Crippen molar-refractivity contribution in [3.8, 4) is 0 Å². The van der Waals surface area contributed by atoms with Gasteiger partial charge in [-0.15, -0.1) is 0 Å². The van der Waals surface area contributed by atoms with Crippen LogP contribution in [0.2, 0.25) is 0 Å². The second kappa shape index (κ2) is 6.01. The molecule has 0 bridgehead atoms. The Labute approximate surface area is 82.7 Å². The Bertz CT molecular complexity index is 186. The maximum Gasteiger partial charge on any atom is 0.00269 e. The van der Waals surface area contributed by atoms with Crippen LogP contribution in [0.4, 0.5) is 0 Å². The highest BCUT2D eigenvalue weighted by atomic mass is 14.1. The molecule has 0 aliphatic heterocycles. The van der Waals surface area contributed by atoms with E-state index in [1.807, 2.05) is 0 Å². The van der Waals surface area contributed by atoms with Gasteiger partial charge >= 0.3 is 0 Å². The first-order valence-corrected chi connectivity index (χ1v) is 5.67. The van der Waals surface area contributed by atoms with Crippen molar-refractivity contribution in [1.82, 2.24) is 0 Å². The van der Waals surface area contributed by atoms with Crippen LogP contribution in [-0.2, 0) is 0 Å². The molecule has 0 aromatic carbocycles. The van der Waals surface area contributed by atoms with Crippen molar-refractivity contribution in [3.63, 3.8) is 0 Å². The van der Waals surface area contributed by atoms with Gasteiger partial charge in [0.25, 0.3) is 0 Å². The largest absolute Gasteiger partial charge is 0.0767 e. The summed E-state index contributed by atoms with van der Waals surface area (Å²) in [6.45, 7) is 4.49. The lowest BCUT2D eigenvalue weighted by Gasteiger charge is -2.01. The Kier molecular flexibility index (Phi) is 4.88. The second-order valence-electron chi connectivity index (χ2n) is 3.88. The van der Waals surface area contributed by atoms with Crippen molar-refractivity contribution in [2.24, 2.45) is 5.92 Å². The average molecular weight is 177 g/mol. The average Bonchev–Trinajstić information content (AvgIpc) is 2.59. The smallest absolute Gasteiger partial charge is 0.00269 e. The normalized spacial score (nSPS) is 20.8. The summed E-state index contributed by atoms with van der Waals surface area (Å²) in [6.07, 6.45) is 15.9. The molecule has 0 fully saturated rings. The fourth-order valence-electron chi connectivity index (χ4n) is 1.68. The second-order valence-corrected chi connectivity index (χ2v) is 3.88. The van der Waals surface area contributed by atoms with Crippen molar-refractivity contribution in [2.45, 2.75) is 52.4 Å². The monoisotopic (exact) mass is 177 g/mol. The highest BCUT2D eigenvalue weighted by Crippen LogP contribution is 2.23. The van der Waals surface area contributed by atoms with E-state index in [9.17, 15) is 0 Å². The fourth-order valence-corrected chi connectivity index (χ4v) is 1.68. The summed E-state index contributed by atoms with van der Waals surface area (Å²) in [7, 11) is 0.